The van der Waals surface area contributed by atoms with Gasteiger partial charge in [0.1, 0.15) is 0 Å². The Morgan fingerprint density at radius 2 is 2.09 bits per heavy atom. The van der Waals surface area contributed by atoms with Gasteiger partial charge in [0.15, 0.2) is 9.84 Å². The number of rotatable bonds is 5. The lowest BCUT2D eigenvalue weighted by molar-refractivity contribution is 0.0960. The van der Waals surface area contributed by atoms with Crippen LogP contribution in [0.3, 0.4) is 0 Å². The van der Waals surface area contributed by atoms with Crippen LogP contribution in [0.5, 0.6) is 0 Å². The minimum absolute atomic E-state index is 0.00638. The van der Waals surface area contributed by atoms with Gasteiger partial charge in [-0.3, -0.25) is 4.79 Å². The molecule has 130 valence electrons. The minimum atomic E-state index is -3.03. The predicted octanol–water partition coefficient (Wildman–Crippen LogP) is 3.06. The summed E-state index contributed by atoms with van der Waals surface area (Å²) in [6, 6.07) is 2.00. The Morgan fingerprint density at radius 1 is 1.39 bits per heavy atom. The van der Waals surface area contributed by atoms with Crippen LogP contribution >= 0.6 is 11.3 Å². The van der Waals surface area contributed by atoms with Crippen LogP contribution in [-0.2, 0) is 22.7 Å². The maximum Gasteiger partial charge on any atom is 0.261 e. The zero-order chi connectivity index (χ0) is 17.3. The standard InChI is InChI=1S/C17H27NO3S2/c1-5-23(20,21)9-8-18-16(19)15-11-12-10-13(17(2,3)4)6-7-14(12)22-15/h11,13H,5-10H2,1-4H3,(H,18,19). The van der Waals surface area contributed by atoms with Gasteiger partial charge in [0.2, 0.25) is 0 Å². The van der Waals surface area contributed by atoms with Gasteiger partial charge in [0.25, 0.3) is 5.91 Å². The predicted molar refractivity (Wildman–Crippen MR) is 96.0 cm³/mol. The highest BCUT2D eigenvalue weighted by molar-refractivity contribution is 7.91. The Labute approximate surface area is 143 Å². The zero-order valence-electron chi connectivity index (χ0n) is 14.4. The first-order valence-electron chi connectivity index (χ1n) is 8.22. The van der Waals surface area contributed by atoms with Crippen molar-refractivity contribution in [2.75, 3.05) is 18.1 Å². The fourth-order valence-electron chi connectivity index (χ4n) is 2.93. The second kappa shape index (κ2) is 6.93. The summed E-state index contributed by atoms with van der Waals surface area (Å²) in [5.74, 6) is 0.620. The molecule has 0 aliphatic heterocycles. The van der Waals surface area contributed by atoms with Crippen LogP contribution in [0.2, 0.25) is 0 Å². The lowest BCUT2D eigenvalue weighted by atomic mass is 9.72. The van der Waals surface area contributed by atoms with E-state index in [0.717, 1.165) is 12.8 Å². The fraction of sp³-hybridized carbons (Fsp3) is 0.706. The van der Waals surface area contributed by atoms with E-state index in [1.54, 1.807) is 18.3 Å². The molecule has 0 radical (unpaired) electrons. The van der Waals surface area contributed by atoms with E-state index in [-0.39, 0.29) is 29.4 Å². The van der Waals surface area contributed by atoms with Gasteiger partial charge in [-0.15, -0.1) is 11.3 Å². The summed E-state index contributed by atoms with van der Waals surface area (Å²) >= 11 is 1.56. The maximum atomic E-state index is 12.2. The van der Waals surface area contributed by atoms with Gasteiger partial charge in [-0.05, 0) is 42.2 Å². The number of amides is 1. The Morgan fingerprint density at radius 3 is 2.70 bits per heavy atom. The first-order chi connectivity index (χ1) is 10.6. The first kappa shape index (κ1) is 18.5. The van der Waals surface area contributed by atoms with Crippen molar-refractivity contribution in [2.24, 2.45) is 11.3 Å². The molecule has 0 bridgehead atoms. The molecule has 1 aromatic rings. The third-order valence-electron chi connectivity index (χ3n) is 4.67. The molecule has 0 spiro atoms. The van der Waals surface area contributed by atoms with Gasteiger partial charge in [-0.1, -0.05) is 27.7 Å². The summed E-state index contributed by atoms with van der Waals surface area (Å²) in [5.41, 5.74) is 1.59. The van der Waals surface area contributed by atoms with E-state index in [0.29, 0.717) is 10.8 Å². The average Bonchev–Trinajstić information content (AvgIpc) is 2.89. The number of hydrogen-bond donors (Lipinski definition) is 1. The van der Waals surface area contributed by atoms with Crippen molar-refractivity contribution in [3.63, 3.8) is 0 Å². The van der Waals surface area contributed by atoms with E-state index in [2.05, 4.69) is 26.1 Å². The van der Waals surface area contributed by atoms with Crippen LogP contribution in [0.15, 0.2) is 6.07 Å². The summed E-state index contributed by atoms with van der Waals surface area (Å²) in [6.45, 7) is 8.63. The summed E-state index contributed by atoms with van der Waals surface area (Å²) < 4.78 is 22.9. The van der Waals surface area contributed by atoms with E-state index in [1.165, 1.54) is 16.9 Å². The molecule has 0 saturated heterocycles. The molecule has 4 nitrogen and oxygen atoms in total. The fourth-order valence-corrected chi connectivity index (χ4v) is 4.75. The van der Waals surface area contributed by atoms with Crippen LogP contribution in [0, 0.1) is 11.3 Å². The first-order valence-corrected chi connectivity index (χ1v) is 10.9. The van der Waals surface area contributed by atoms with Gasteiger partial charge < -0.3 is 5.32 Å². The third kappa shape index (κ3) is 4.80. The topological polar surface area (TPSA) is 63.2 Å². The Hall–Kier alpha value is -0.880. The molecule has 1 heterocycles. The van der Waals surface area contributed by atoms with E-state index in [4.69, 9.17) is 0 Å². The van der Waals surface area contributed by atoms with Crippen LogP contribution in [0.25, 0.3) is 0 Å². The van der Waals surface area contributed by atoms with E-state index in [9.17, 15) is 13.2 Å². The van der Waals surface area contributed by atoms with Crippen molar-refractivity contribution in [1.82, 2.24) is 5.32 Å². The van der Waals surface area contributed by atoms with Gasteiger partial charge in [-0.2, -0.15) is 0 Å². The Kier molecular flexibility index (Phi) is 5.56. The van der Waals surface area contributed by atoms with E-state index in [1.807, 2.05) is 6.07 Å². The van der Waals surface area contributed by atoms with Crippen LogP contribution in [-0.4, -0.2) is 32.4 Å². The van der Waals surface area contributed by atoms with Crippen LogP contribution in [0.4, 0.5) is 0 Å². The van der Waals surface area contributed by atoms with Gasteiger partial charge in [-0.25, -0.2) is 8.42 Å². The van der Waals surface area contributed by atoms with Crippen molar-refractivity contribution >= 4 is 27.1 Å². The van der Waals surface area contributed by atoms with Crippen molar-refractivity contribution in [1.29, 1.82) is 0 Å². The minimum Gasteiger partial charge on any atom is -0.350 e. The summed E-state index contributed by atoms with van der Waals surface area (Å²) in [6.07, 6.45) is 3.25. The molecule has 2 rings (SSSR count). The summed E-state index contributed by atoms with van der Waals surface area (Å²) in [4.78, 5) is 14.2. The number of fused-ring (bicyclic) bond motifs is 1. The SMILES string of the molecule is CCS(=O)(=O)CCNC(=O)c1cc2c(s1)CCC(C(C)(C)C)C2. The van der Waals surface area contributed by atoms with Gasteiger partial charge in [0, 0.05) is 17.2 Å². The monoisotopic (exact) mass is 357 g/mol. The molecule has 6 heteroatoms. The second-order valence-corrected chi connectivity index (χ2v) is 11.0. The molecule has 1 aliphatic rings. The second-order valence-electron chi connectivity index (χ2n) is 7.36. The summed E-state index contributed by atoms with van der Waals surface area (Å²) in [5, 5.41) is 2.73. The molecule has 0 fully saturated rings. The molecule has 0 aromatic carbocycles. The van der Waals surface area contributed by atoms with E-state index < -0.39 is 9.84 Å². The molecule has 1 amide bonds. The van der Waals surface area contributed by atoms with Gasteiger partial charge >= 0.3 is 0 Å². The maximum absolute atomic E-state index is 12.2. The highest BCUT2D eigenvalue weighted by Gasteiger charge is 2.30. The summed E-state index contributed by atoms with van der Waals surface area (Å²) in [7, 11) is -3.03. The molecule has 1 atom stereocenters. The normalized spacial score (nSPS) is 18.5. The van der Waals surface area contributed by atoms with Crippen molar-refractivity contribution < 1.29 is 13.2 Å². The average molecular weight is 358 g/mol. The number of aryl methyl sites for hydroxylation is 1. The zero-order valence-corrected chi connectivity index (χ0v) is 16.1. The smallest absolute Gasteiger partial charge is 0.261 e. The van der Waals surface area contributed by atoms with Crippen molar-refractivity contribution in [3.8, 4) is 0 Å². The number of sulfone groups is 1. The third-order valence-corrected chi connectivity index (χ3v) is 7.61. The number of nitrogens with one attached hydrogen (secondary N) is 1. The van der Waals surface area contributed by atoms with Crippen molar-refractivity contribution in [3.05, 3.63) is 21.4 Å². The molecule has 1 unspecified atom stereocenters. The number of carbonyl (C=O) groups excluding carboxylic acids is 1. The Balaban J connectivity index is 1.98. The lowest BCUT2D eigenvalue weighted by Gasteiger charge is -2.33. The van der Waals surface area contributed by atoms with Crippen LogP contribution < -0.4 is 5.32 Å². The highest BCUT2D eigenvalue weighted by Crippen LogP contribution is 2.40. The highest BCUT2D eigenvalue weighted by atomic mass is 32.2. The number of thiophene rings is 1. The molecule has 1 aromatic heterocycles. The molecular formula is C17H27NO3S2. The molecule has 0 saturated carbocycles. The lowest BCUT2D eigenvalue weighted by Crippen LogP contribution is -2.29. The molecular weight excluding hydrogens is 330 g/mol. The van der Waals surface area contributed by atoms with E-state index >= 15 is 0 Å². The number of hydrogen-bond acceptors (Lipinski definition) is 4. The number of carbonyl (C=O) groups is 1. The molecule has 23 heavy (non-hydrogen) atoms. The quantitative estimate of drug-likeness (QED) is 0.881. The molecule has 1 aliphatic carbocycles. The van der Waals surface area contributed by atoms with Gasteiger partial charge in [0.05, 0.1) is 10.6 Å². The van der Waals surface area contributed by atoms with Crippen molar-refractivity contribution in [2.45, 2.75) is 47.0 Å². The van der Waals surface area contributed by atoms with Crippen LogP contribution in [0.1, 0.15) is 54.2 Å². The largest absolute Gasteiger partial charge is 0.350 e. The molecule has 1 N–H and O–H groups in total. The Bertz CT molecular complexity index is 669.